The number of hydrogen-bond acceptors (Lipinski definition) is 1. The van der Waals surface area contributed by atoms with E-state index in [1.807, 2.05) is 0 Å². The molecule has 0 bridgehead atoms. The van der Waals surface area contributed by atoms with Gasteiger partial charge in [-0.25, -0.2) is 0 Å². The summed E-state index contributed by atoms with van der Waals surface area (Å²) in [6, 6.07) is 3.49. The van der Waals surface area contributed by atoms with E-state index in [1.54, 1.807) is 0 Å². The monoisotopic (exact) mass is 306 g/mol. The summed E-state index contributed by atoms with van der Waals surface area (Å²) >= 11 is 2.80. The van der Waals surface area contributed by atoms with Gasteiger partial charge in [-0.15, -0.1) is 0 Å². The maximum Gasteiger partial charge on any atom is 0.417 e. The van der Waals surface area contributed by atoms with Crippen LogP contribution < -0.4 is 0 Å². The highest BCUT2D eigenvalue weighted by molar-refractivity contribution is 9.10. The third kappa shape index (κ3) is 4.11. The second-order valence-corrected chi connectivity index (χ2v) is 3.92. The number of alkyl halides is 3. The van der Waals surface area contributed by atoms with Gasteiger partial charge < -0.3 is 5.11 Å². The Morgan fingerprint density at radius 3 is 2.59 bits per heavy atom. The smallest absolute Gasteiger partial charge is 0.417 e. The van der Waals surface area contributed by atoms with Crippen molar-refractivity contribution < 1.29 is 23.1 Å². The molecular weight excluding hydrogens is 301 g/mol. The second-order valence-electron chi connectivity index (χ2n) is 3.06. The Morgan fingerprint density at radius 1 is 1.41 bits per heavy atom. The van der Waals surface area contributed by atoms with Crippen molar-refractivity contribution in [3.8, 4) is 11.8 Å². The van der Waals surface area contributed by atoms with Crippen LogP contribution >= 0.6 is 15.9 Å². The van der Waals surface area contributed by atoms with Crippen LogP contribution in [-0.2, 0) is 11.0 Å². The van der Waals surface area contributed by atoms with Gasteiger partial charge in [-0.3, -0.25) is 4.79 Å². The number of aliphatic carboxylic acids is 1. The first kappa shape index (κ1) is 13.6. The minimum Gasteiger partial charge on any atom is -0.481 e. The van der Waals surface area contributed by atoms with Gasteiger partial charge in [0.15, 0.2) is 0 Å². The molecule has 0 aliphatic rings. The SMILES string of the molecule is O=C(O)CC#Cc1ccc(Br)c(C(F)(F)F)c1. The first-order valence-corrected chi connectivity index (χ1v) is 5.17. The van der Waals surface area contributed by atoms with Gasteiger partial charge in [0.25, 0.3) is 0 Å². The van der Waals surface area contributed by atoms with E-state index < -0.39 is 24.1 Å². The molecule has 0 spiro atoms. The van der Waals surface area contributed by atoms with Crippen molar-refractivity contribution in [1.82, 2.24) is 0 Å². The van der Waals surface area contributed by atoms with Crippen LogP contribution in [0.5, 0.6) is 0 Å². The van der Waals surface area contributed by atoms with E-state index in [0.29, 0.717) is 0 Å². The minimum absolute atomic E-state index is 0.0752. The summed E-state index contributed by atoms with van der Waals surface area (Å²) in [5.41, 5.74) is -0.707. The molecule has 0 atom stereocenters. The lowest BCUT2D eigenvalue weighted by Crippen LogP contribution is -2.06. The lowest BCUT2D eigenvalue weighted by Gasteiger charge is -2.08. The van der Waals surface area contributed by atoms with Crippen molar-refractivity contribution in [3.63, 3.8) is 0 Å². The molecule has 17 heavy (non-hydrogen) atoms. The molecule has 0 saturated carbocycles. The summed E-state index contributed by atoms with van der Waals surface area (Å²) in [6.07, 6.45) is -4.87. The van der Waals surface area contributed by atoms with Crippen molar-refractivity contribution >= 4 is 21.9 Å². The predicted molar refractivity (Wildman–Crippen MR) is 58.3 cm³/mol. The third-order valence-electron chi connectivity index (χ3n) is 1.74. The first-order valence-electron chi connectivity index (χ1n) is 4.38. The number of benzene rings is 1. The van der Waals surface area contributed by atoms with E-state index in [9.17, 15) is 18.0 Å². The highest BCUT2D eigenvalue weighted by Crippen LogP contribution is 2.35. The van der Waals surface area contributed by atoms with Gasteiger partial charge >= 0.3 is 12.1 Å². The van der Waals surface area contributed by atoms with E-state index in [2.05, 4.69) is 27.8 Å². The van der Waals surface area contributed by atoms with Crippen molar-refractivity contribution in [2.75, 3.05) is 0 Å². The molecule has 0 aromatic heterocycles. The topological polar surface area (TPSA) is 37.3 Å². The number of hydrogen-bond donors (Lipinski definition) is 1. The Morgan fingerprint density at radius 2 is 2.06 bits per heavy atom. The number of carboxylic acid groups (broad SMARTS) is 1. The van der Waals surface area contributed by atoms with Gasteiger partial charge in [-0.2, -0.15) is 13.2 Å². The normalized spacial score (nSPS) is 10.6. The van der Waals surface area contributed by atoms with E-state index in [0.717, 1.165) is 6.07 Å². The number of halogens is 4. The molecule has 0 amide bonds. The van der Waals surface area contributed by atoms with Crippen LogP contribution in [0.15, 0.2) is 22.7 Å². The lowest BCUT2D eigenvalue weighted by molar-refractivity contribution is -0.138. The molecule has 0 radical (unpaired) electrons. The zero-order valence-electron chi connectivity index (χ0n) is 8.31. The summed E-state index contributed by atoms with van der Waals surface area (Å²) in [5, 5.41) is 8.33. The van der Waals surface area contributed by atoms with Crippen molar-refractivity contribution in [2.45, 2.75) is 12.6 Å². The van der Waals surface area contributed by atoms with Crippen molar-refractivity contribution in [1.29, 1.82) is 0 Å². The fourth-order valence-corrected chi connectivity index (χ4v) is 1.51. The molecule has 0 heterocycles. The van der Waals surface area contributed by atoms with E-state index in [-0.39, 0.29) is 10.0 Å². The van der Waals surface area contributed by atoms with Gasteiger partial charge in [0, 0.05) is 10.0 Å². The highest BCUT2D eigenvalue weighted by atomic mass is 79.9. The van der Waals surface area contributed by atoms with Crippen LogP contribution in [0.1, 0.15) is 17.5 Å². The van der Waals surface area contributed by atoms with Gasteiger partial charge in [0.05, 0.1) is 5.56 Å². The predicted octanol–water partition coefficient (Wildman–Crippen LogP) is 3.29. The largest absolute Gasteiger partial charge is 0.481 e. The van der Waals surface area contributed by atoms with Gasteiger partial charge in [-0.1, -0.05) is 27.8 Å². The molecule has 90 valence electrons. The number of rotatable bonds is 1. The van der Waals surface area contributed by atoms with Gasteiger partial charge in [0.2, 0.25) is 0 Å². The summed E-state index contributed by atoms with van der Waals surface area (Å²) in [7, 11) is 0. The highest BCUT2D eigenvalue weighted by Gasteiger charge is 2.32. The first-order chi connectivity index (χ1) is 7.80. The molecule has 0 aliphatic heterocycles. The van der Waals surface area contributed by atoms with Crippen molar-refractivity contribution in [3.05, 3.63) is 33.8 Å². The zero-order valence-corrected chi connectivity index (χ0v) is 9.89. The number of carbonyl (C=O) groups is 1. The maximum atomic E-state index is 12.5. The van der Waals surface area contributed by atoms with Crippen LogP contribution in [0.3, 0.4) is 0 Å². The summed E-state index contributed by atoms with van der Waals surface area (Å²) in [5.74, 6) is 3.51. The standard InChI is InChI=1S/C11H6BrF3O2/c12-9-5-4-7(2-1-3-10(16)17)6-8(9)11(13,14)15/h4-6H,3H2,(H,16,17). The molecule has 0 saturated heterocycles. The fourth-order valence-electron chi connectivity index (χ4n) is 1.04. The van der Waals surface area contributed by atoms with E-state index >= 15 is 0 Å². The number of carboxylic acids is 1. The lowest BCUT2D eigenvalue weighted by atomic mass is 10.1. The van der Waals surface area contributed by atoms with Gasteiger partial charge in [-0.05, 0) is 18.2 Å². The summed E-state index contributed by atoms with van der Waals surface area (Å²) in [6.45, 7) is 0. The molecule has 1 N–H and O–H groups in total. The maximum absolute atomic E-state index is 12.5. The minimum atomic E-state index is -4.47. The third-order valence-corrected chi connectivity index (χ3v) is 2.44. The average Bonchev–Trinajstić information content (AvgIpc) is 2.18. The zero-order chi connectivity index (χ0) is 13.1. The molecule has 0 fully saturated rings. The van der Waals surface area contributed by atoms with Crippen LogP contribution in [0.4, 0.5) is 13.2 Å². The molecule has 1 aromatic carbocycles. The quantitative estimate of drug-likeness (QED) is 0.808. The Balaban J connectivity index is 3.04. The molecule has 1 rings (SSSR count). The molecule has 6 heteroatoms. The Labute approximate surface area is 104 Å². The molecule has 0 unspecified atom stereocenters. The fraction of sp³-hybridized carbons (Fsp3) is 0.182. The van der Waals surface area contributed by atoms with Crippen LogP contribution in [0.25, 0.3) is 0 Å². The molecule has 0 aliphatic carbocycles. The van der Waals surface area contributed by atoms with Gasteiger partial charge in [0.1, 0.15) is 6.42 Å². The Bertz CT molecular complexity index is 498. The van der Waals surface area contributed by atoms with Crippen LogP contribution in [-0.4, -0.2) is 11.1 Å². The summed E-state index contributed by atoms with van der Waals surface area (Å²) < 4.78 is 37.4. The molecule has 1 aromatic rings. The Hall–Kier alpha value is -1.48. The van der Waals surface area contributed by atoms with Crippen molar-refractivity contribution in [2.24, 2.45) is 0 Å². The Kier molecular flexibility index (Phi) is 4.18. The average molecular weight is 307 g/mol. The second kappa shape index (κ2) is 5.23. The van der Waals surface area contributed by atoms with E-state index in [1.165, 1.54) is 12.1 Å². The molecular formula is C11H6BrF3O2. The van der Waals surface area contributed by atoms with Crippen LogP contribution in [0, 0.1) is 11.8 Å². The summed E-state index contributed by atoms with van der Waals surface area (Å²) in [4.78, 5) is 10.2. The van der Waals surface area contributed by atoms with Crippen LogP contribution in [0.2, 0.25) is 0 Å². The molecule has 2 nitrogen and oxygen atoms in total. The van der Waals surface area contributed by atoms with E-state index in [4.69, 9.17) is 5.11 Å².